The molecule has 0 saturated heterocycles. The van der Waals surface area contributed by atoms with Gasteiger partial charge in [0.25, 0.3) is 0 Å². The molecule has 1 aromatic heterocycles. The molecule has 0 amide bonds. The number of benzene rings is 3. The van der Waals surface area contributed by atoms with Crippen molar-refractivity contribution in [2.45, 2.75) is 12.1 Å². The first kappa shape index (κ1) is 22.5. The molecule has 0 spiro atoms. The van der Waals surface area contributed by atoms with Gasteiger partial charge in [0.2, 0.25) is 0 Å². The Balaban J connectivity index is 1.79. The highest BCUT2D eigenvalue weighted by atomic mass is 35.5. The van der Waals surface area contributed by atoms with Crippen LogP contribution in [0.4, 0.5) is 5.13 Å². The van der Waals surface area contributed by atoms with Gasteiger partial charge in [0.15, 0.2) is 18.0 Å². The van der Waals surface area contributed by atoms with Gasteiger partial charge in [-0.25, -0.2) is 9.78 Å². The molecule has 0 fully saturated rings. The van der Waals surface area contributed by atoms with E-state index in [0.717, 1.165) is 16.7 Å². The minimum absolute atomic E-state index is 0.0458. The predicted octanol–water partition coefficient (Wildman–Crippen LogP) is 5.79. The van der Waals surface area contributed by atoms with Crippen LogP contribution in [0.2, 0.25) is 4.34 Å². The predicted molar refractivity (Wildman–Crippen MR) is 131 cm³/mol. The third kappa shape index (κ3) is 5.05. The summed E-state index contributed by atoms with van der Waals surface area (Å²) in [6, 6.07) is 30.4. The Bertz CT molecular complexity index is 1140. The normalized spacial score (nSPS) is 11.4. The zero-order valence-electron chi connectivity index (χ0n) is 17.4. The van der Waals surface area contributed by atoms with Gasteiger partial charge >= 0.3 is 5.97 Å². The van der Waals surface area contributed by atoms with Crippen LogP contribution in [-0.2, 0) is 21.8 Å². The Morgan fingerprint density at radius 1 is 0.970 bits per heavy atom. The van der Waals surface area contributed by atoms with E-state index in [1.807, 2.05) is 54.6 Å². The van der Waals surface area contributed by atoms with Gasteiger partial charge in [0.1, 0.15) is 15.6 Å². The molecule has 8 heteroatoms. The minimum Gasteiger partial charge on any atom is -0.477 e. The fourth-order valence-corrected chi connectivity index (χ4v) is 4.67. The number of thiazole rings is 1. The third-order valence-electron chi connectivity index (χ3n) is 5.00. The van der Waals surface area contributed by atoms with Crippen LogP contribution in [0.1, 0.15) is 22.4 Å². The van der Waals surface area contributed by atoms with E-state index in [0.29, 0.717) is 21.4 Å². The number of rotatable bonds is 9. The lowest BCUT2D eigenvalue weighted by atomic mass is 9.77. The number of carboxylic acid groups (broad SMARTS) is 1. The maximum atomic E-state index is 10.6. The second-order valence-corrected chi connectivity index (χ2v) is 8.66. The summed E-state index contributed by atoms with van der Waals surface area (Å²) in [7, 11) is 0. The molecule has 0 aliphatic carbocycles. The summed E-state index contributed by atoms with van der Waals surface area (Å²) in [4.78, 5) is 20.2. The number of carbonyl (C=O) groups is 1. The van der Waals surface area contributed by atoms with E-state index in [2.05, 4.69) is 51.9 Å². The second-order valence-electron chi connectivity index (χ2n) is 7.06. The SMILES string of the molecule is O=C(O)C=NOCc1nc(NC(c2ccccc2)(c2ccccc2)c2ccccc2)sc1Cl. The molecule has 3 aromatic carbocycles. The van der Waals surface area contributed by atoms with Crippen molar-refractivity contribution in [3.8, 4) is 0 Å². The van der Waals surface area contributed by atoms with Crippen LogP contribution in [0.15, 0.2) is 96.2 Å². The van der Waals surface area contributed by atoms with E-state index >= 15 is 0 Å². The highest BCUT2D eigenvalue weighted by Crippen LogP contribution is 2.41. The van der Waals surface area contributed by atoms with Gasteiger partial charge in [-0.1, -0.05) is 119 Å². The quantitative estimate of drug-likeness (QED) is 0.181. The smallest absolute Gasteiger partial charge is 0.350 e. The number of carboxylic acids is 1. The topological polar surface area (TPSA) is 83.8 Å². The van der Waals surface area contributed by atoms with Gasteiger partial charge in [-0.05, 0) is 16.7 Å². The van der Waals surface area contributed by atoms with Gasteiger partial charge in [-0.2, -0.15) is 0 Å². The fraction of sp³-hybridized carbons (Fsp3) is 0.0800. The second kappa shape index (κ2) is 10.3. The van der Waals surface area contributed by atoms with Crippen molar-refractivity contribution in [1.29, 1.82) is 0 Å². The van der Waals surface area contributed by atoms with Gasteiger partial charge in [-0.15, -0.1) is 0 Å². The molecule has 0 saturated carbocycles. The van der Waals surface area contributed by atoms with Crippen molar-refractivity contribution in [2.75, 3.05) is 5.32 Å². The molecule has 0 unspecified atom stereocenters. The highest BCUT2D eigenvalue weighted by Gasteiger charge is 2.37. The molecule has 6 nitrogen and oxygen atoms in total. The third-order valence-corrected chi connectivity index (χ3v) is 6.25. The van der Waals surface area contributed by atoms with E-state index < -0.39 is 11.5 Å². The summed E-state index contributed by atoms with van der Waals surface area (Å²) >= 11 is 7.71. The maximum Gasteiger partial charge on any atom is 0.350 e. The summed E-state index contributed by atoms with van der Waals surface area (Å²) in [6.07, 6.45) is 0.671. The number of oxime groups is 1. The number of aromatic nitrogens is 1. The highest BCUT2D eigenvalue weighted by molar-refractivity contribution is 7.19. The summed E-state index contributed by atoms with van der Waals surface area (Å²) in [5, 5.41) is 16.3. The Hall–Kier alpha value is -3.68. The Morgan fingerprint density at radius 2 is 1.45 bits per heavy atom. The number of anilines is 1. The molecule has 0 radical (unpaired) electrons. The summed E-state index contributed by atoms with van der Waals surface area (Å²) in [6.45, 7) is -0.0458. The average molecular weight is 478 g/mol. The largest absolute Gasteiger partial charge is 0.477 e. The molecule has 0 atom stereocenters. The van der Waals surface area contributed by atoms with E-state index in [4.69, 9.17) is 21.5 Å². The van der Waals surface area contributed by atoms with Crippen LogP contribution >= 0.6 is 22.9 Å². The van der Waals surface area contributed by atoms with Crippen molar-refractivity contribution < 1.29 is 14.7 Å². The van der Waals surface area contributed by atoms with Crippen molar-refractivity contribution in [1.82, 2.24) is 4.98 Å². The molecule has 0 aliphatic rings. The number of nitrogens with zero attached hydrogens (tertiary/aromatic N) is 2. The van der Waals surface area contributed by atoms with Crippen molar-refractivity contribution in [2.24, 2.45) is 5.16 Å². The lowest BCUT2D eigenvalue weighted by Crippen LogP contribution is -2.38. The lowest BCUT2D eigenvalue weighted by Gasteiger charge is -2.36. The number of hydrogen-bond donors (Lipinski definition) is 2. The molecule has 4 rings (SSSR count). The van der Waals surface area contributed by atoms with Crippen LogP contribution in [0.5, 0.6) is 0 Å². The summed E-state index contributed by atoms with van der Waals surface area (Å²) in [5.41, 5.74) is 2.85. The molecule has 1 heterocycles. The maximum absolute atomic E-state index is 10.6. The summed E-state index contributed by atoms with van der Waals surface area (Å²) < 4.78 is 0.436. The molecule has 33 heavy (non-hydrogen) atoms. The first-order valence-electron chi connectivity index (χ1n) is 10.1. The van der Waals surface area contributed by atoms with Crippen LogP contribution in [-0.4, -0.2) is 22.3 Å². The number of halogens is 1. The average Bonchev–Trinajstić information content (AvgIpc) is 3.20. The van der Waals surface area contributed by atoms with Crippen molar-refractivity contribution >= 4 is 40.3 Å². The molecular weight excluding hydrogens is 458 g/mol. The van der Waals surface area contributed by atoms with E-state index in [1.54, 1.807) is 0 Å². The molecular formula is C25H20ClN3O3S. The van der Waals surface area contributed by atoms with Crippen LogP contribution in [0, 0.1) is 0 Å². The van der Waals surface area contributed by atoms with Crippen LogP contribution < -0.4 is 5.32 Å². The van der Waals surface area contributed by atoms with E-state index in [9.17, 15) is 4.79 Å². The first-order chi connectivity index (χ1) is 16.1. The van der Waals surface area contributed by atoms with Crippen LogP contribution in [0.25, 0.3) is 0 Å². The standard InChI is InChI=1S/C25H20ClN3O3S/c26-23-21(17-32-27-16-22(30)31)28-24(33-23)29-25(18-10-4-1-5-11-18,19-12-6-2-7-13-19)20-14-8-3-9-15-20/h1-16H,17H2,(H,28,29)(H,30,31). The lowest BCUT2D eigenvalue weighted by molar-refractivity contribution is -0.129. The van der Waals surface area contributed by atoms with Crippen molar-refractivity contribution in [3.63, 3.8) is 0 Å². The van der Waals surface area contributed by atoms with E-state index in [-0.39, 0.29) is 6.61 Å². The molecule has 0 bridgehead atoms. The molecule has 0 aliphatic heterocycles. The zero-order chi connectivity index (χ0) is 23.1. The number of aliphatic carboxylic acids is 1. The number of hydrogen-bond acceptors (Lipinski definition) is 6. The summed E-state index contributed by atoms with van der Waals surface area (Å²) in [5.74, 6) is -1.19. The fourth-order valence-electron chi connectivity index (χ4n) is 3.60. The molecule has 4 aromatic rings. The number of nitrogens with one attached hydrogen (secondary N) is 1. The molecule has 166 valence electrons. The Kier molecular flexibility index (Phi) is 7.02. The first-order valence-corrected chi connectivity index (χ1v) is 11.3. The van der Waals surface area contributed by atoms with Gasteiger partial charge in [0.05, 0.1) is 0 Å². The zero-order valence-corrected chi connectivity index (χ0v) is 19.0. The van der Waals surface area contributed by atoms with Crippen LogP contribution in [0.3, 0.4) is 0 Å². The van der Waals surface area contributed by atoms with Gasteiger partial charge in [0, 0.05) is 0 Å². The minimum atomic E-state index is -1.19. The van der Waals surface area contributed by atoms with Gasteiger partial charge < -0.3 is 15.3 Å². The molecule has 2 N–H and O–H groups in total. The van der Waals surface area contributed by atoms with E-state index in [1.165, 1.54) is 11.3 Å². The Labute approximate surface area is 200 Å². The van der Waals surface area contributed by atoms with Crippen molar-refractivity contribution in [3.05, 3.63) is 118 Å². The Morgan fingerprint density at radius 3 is 1.91 bits per heavy atom. The van der Waals surface area contributed by atoms with Gasteiger partial charge in [-0.3, -0.25) is 0 Å². The monoisotopic (exact) mass is 477 g/mol.